The monoisotopic (exact) mass is 350 g/mol. The fraction of sp³-hybridized carbons (Fsp3) is 0.278. The number of Topliss-reactive ketones (excluding diaryl/α,β-unsaturated/α-hetero) is 1. The number of nitrogen functional groups attached to an aromatic ring is 1. The van der Waals surface area contributed by atoms with E-state index in [-0.39, 0.29) is 17.6 Å². The van der Waals surface area contributed by atoms with Crippen LogP contribution in [0.15, 0.2) is 30.7 Å². The summed E-state index contributed by atoms with van der Waals surface area (Å²) in [6.45, 7) is 1.79. The number of hydrogen-bond donors (Lipinski definition) is 1. The highest BCUT2D eigenvalue weighted by atomic mass is 16.5. The second-order valence-electron chi connectivity index (χ2n) is 6.20. The molecule has 3 aromatic rings. The van der Waals surface area contributed by atoms with Crippen molar-refractivity contribution in [3.63, 3.8) is 0 Å². The molecule has 0 aliphatic heterocycles. The molecule has 0 saturated carbocycles. The molecule has 2 N–H and O–H groups in total. The number of ketones is 1. The second-order valence-corrected chi connectivity index (χ2v) is 6.20. The lowest BCUT2D eigenvalue weighted by atomic mass is 9.84. The number of aryl methyl sites for hydroxylation is 1. The lowest BCUT2D eigenvalue weighted by Crippen LogP contribution is -2.24. The van der Waals surface area contributed by atoms with Crippen LogP contribution in [0.25, 0.3) is 5.69 Å². The molecule has 1 aliphatic rings. The molecule has 0 saturated heterocycles. The van der Waals surface area contributed by atoms with E-state index < -0.39 is 0 Å². The fourth-order valence-corrected chi connectivity index (χ4v) is 3.52. The first kappa shape index (κ1) is 16.2. The Hall–Kier alpha value is -3.29. The number of pyridine rings is 1. The molecule has 0 amide bonds. The van der Waals surface area contributed by atoms with Gasteiger partial charge in [0.05, 0.1) is 24.1 Å². The first-order valence-electron chi connectivity index (χ1n) is 8.27. The van der Waals surface area contributed by atoms with Crippen LogP contribution in [0.1, 0.15) is 39.9 Å². The predicted molar refractivity (Wildman–Crippen MR) is 94.5 cm³/mol. The molecule has 8 heteroatoms. The van der Waals surface area contributed by atoms with Gasteiger partial charge in [-0.3, -0.25) is 9.36 Å². The number of anilines is 1. The normalized spacial score (nSPS) is 16.4. The van der Waals surface area contributed by atoms with Crippen molar-refractivity contribution in [1.29, 1.82) is 0 Å². The Kier molecular flexibility index (Phi) is 3.87. The van der Waals surface area contributed by atoms with E-state index in [0.717, 1.165) is 11.5 Å². The van der Waals surface area contributed by atoms with Crippen LogP contribution < -0.4 is 10.5 Å². The summed E-state index contributed by atoms with van der Waals surface area (Å²) >= 11 is 0. The minimum atomic E-state index is -0.108. The molecular weight excluding hydrogens is 332 g/mol. The number of rotatable bonds is 3. The number of fused-ring (bicyclic) bond motifs is 1. The van der Waals surface area contributed by atoms with Crippen LogP contribution in [0.5, 0.6) is 5.88 Å². The molecule has 0 aromatic carbocycles. The van der Waals surface area contributed by atoms with Crippen LogP contribution in [-0.2, 0) is 6.42 Å². The summed E-state index contributed by atoms with van der Waals surface area (Å²) in [5.74, 6) is 1.36. The van der Waals surface area contributed by atoms with E-state index in [2.05, 4.69) is 19.9 Å². The molecule has 0 spiro atoms. The third-order valence-electron chi connectivity index (χ3n) is 4.57. The van der Waals surface area contributed by atoms with Gasteiger partial charge in [0.25, 0.3) is 0 Å². The molecule has 3 aromatic heterocycles. The number of nitrogens with two attached hydrogens (primary N) is 1. The summed E-state index contributed by atoms with van der Waals surface area (Å²) in [6, 6.07) is 3.74. The number of imidazole rings is 1. The number of nitrogens with zero attached hydrogens (tertiary/aromatic N) is 5. The molecule has 0 fully saturated rings. The highest BCUT2D eigenvalue weighted by Crippen LogP contribution is 2.34. The van der Waals surface area contributed by atoms with Crippen LogP contribution >= 0.6 is 0 Å². The van der Waals surface area contributed by atoms with Gasteiger partial charge in [0.2, 0.25) is 11.8 Å². The Morgan fingerprint density at radius 2 is 2.08 bits per heavy atom. The van der Waals surface area contributed by atoms with Gasteiger partial charge in [0.1, 0.15) is 11.5 Å². The number of methoxy groups -OCH3 is 1. The van der Waals surface area contributed by atoms with Crippen LogP contribution in [0.3, 0.4) is 0 Å². The van der Waals surface area contributed by atoms with Crippen molar-refractivity contribution in [2.75, 3.05) is 12.8 Å². The highest BCUT2D eigenvalue weighted by Gasteiger charge is 2.32. The average molecular weight is 350 g/mol. The number of aromatic nitrogens is 5. The van der Waals surface area contributed by atoms with E-state index in [1.54, 1.807) is 26.4 Å². The van der Waals surface area contributed by atoms with E-state index in [1.165, 1.54) is 0 Å². The molecule has 1 aliphatic carbocycles. The quantitative estimate of drug-likeness (QED) is 0.768. The summed E-state index contributed by atoms with van der Waals surface area (Å²) in [6.07, 6.45) is 6.15. The smallest absolute Gasteiger partial charge is 0.238 e. The van der Waals surface area contributed by atoms with Crippen LogP contribution in [0.4, 0.5) is 5.95 Å². The highest BCUT2D eigenvalue weighted by molar-refractivity contribution is 5.99. The van der Waals surface area contributed by atoms with Crippen LogP contribution in [0.2, 0.25) is 0 Å². The molecule has 0 bridgehead atoms. The van der Waals surface area contributed by atoms with E-state index >= 15 is 0 Å². The molecule has 132 valence electrons. The Labute approximate surface area is 150 Å². The second kappa shape index (κ2) is 6.21. The maximum absolute atomic E-state index is 12.7. The summed E-state index contributed by atoms with van der Waals surface area (Å²) in [5.41, 5.74) is 8.46. The Bertz CT molecular complexity index is 997. The Morgan fingerprint density at radius 3 is 2.88 bits per heavy atom. The van der Waals surface area contributed by atoms with Gasteiger partial charge in [-0.05, 0) is 19.1 Å². The number of hydrogen-bond acceptors (Lipinski definition) is 7. The van der Waals surface area contributed by atoms with Crippen molar-refractivity contribution in [3.8, 4) is 11.6 Å². The van der Waals surface area contributed by atoms with E-state index in [9.17, 15) is 4.79 Å². The predicted octanol–water partition coefficient (Wildman–Crippen LogP) is 1.87. The Balaban J connectivity index is 1.77. The van der Waals surface area contributed by atoms with Gasteiger partial charge in [-0.2, -0.15) is 0 Å². The molecular formula is C18H18N6O2. The molecule has 8 nitrogen and oxygen atoms in total. The third-order valence-corrected chi connectivity index (χ3v) is 4.57. The zero-order valence-corrected chi connectivity index (χ0v) is 14.5. The largest absolute Gasteiger partial charge is 0.480 e. The van der Waals surface area contributed by atoms with Gasteiger partial charge in [-0.1, -0.05) is 0 Å². The lowest BCUT2D eigenvalue weighted by molar-refractivity contribution is 0.0960. The molecule has 26 heavy (non-hydrogen) atoms. The van der Waals surface area contributed by atoms with Crippen molar-refractivity contribution in [1.82, 2.24) is 24.5 Å². The summed E-state index contributed by atoms with van der Waals surface area (Å²) in [5, 5.41) is 0. The number of carbonyl (C=O) groups is 1. The summed E-state index contributed by atoms with van der Waals surface area (Å²) in [7, 11) is 1.57. The van der Waals surface area contributed by atoms with E-state index in [1.807, 2.05) is 22.9 Å². The molecule has 1 unspecified atom stereocenters. The lowest BCUT2D eigenvalue weighted by Gasteiger charge is -2.24. The molecule has 4 rings (SSSR count). The van der Waals surface area contributed by atoms with Crippen LogP contribution in [-0.4, -0.2) is 37.4 Å². The van der Waals surface area contributed by atoms with Crippen molar-refractivity contribution in [2.45, 2.75) is 25.7 Å². The van der Waals surface area contributed by atoms with E-state index in [4.69, 9.17) is 10.5 Å². The number of ether oxygens (including phenoxy) is 1. The topological polar surface area (TPSA) is 109 Å². The number of carbonyl (C=O) groups excluding carboxylic acids is 1. The maximum atomic E-state index is 12.7. The van der Waals surface area contributed by atoms with Gasteiger partial charge in [0.15, 0.2) is 5.78 Å². The zero-order valence-electron chi connectivity index (χ0n) is 14.5. The zero-order chi connectivity index (χ0) is 18.3. The molecule has 0 radical (unpaired) electrons. The maximum Gasteiger partial charge on any atom is 0.238 e. The van der Waals surface area contributed by atoms with Crippen molar-refractivity contribution < 1.29 is 9.53 Å². The first-order valence-corrected chi connectivity index (χ1v) is 8.27. The van der Waals surface area contributed by atoms with Gasteiger partial charge in [-0.25, -0.2) is 19.9 Å². The summed E-state index contributed by atoms with van der Waals surface area (Å²) in [4.78, 5) is 29.8. The Morgan fingerprint density at radius 1 is 1.23 bits per heavy atom. The SMILES string of the molecule is COc1ncccc1-n1ccnc1C1CC(=O)c2c(C)nc(N)nc2C1. The fourth-order valence-electron chi connectivity index (χ4n) is 3.52. The molecule has 3 heterocycles. The van der Waals surface area contributed by atoms with Gasteiger partial charge < -0.3 is 10.5 Å². The van der Waals surface area contributed by atoms with Crippen LogP contribution in [0, 0.1) is 6.92 Å². The van der Waals surface area contributed by atoms with Crippen molar-refractivity contribution in [2.24, 2.45) is 0 Å². The first-order chi connectivity index (χ1) is 12.6. The minimum Gasteiger partial charge on any atom is -0.480 e. The third kappa shape index (κ3) is 2.59. The van der Waals surface area contributed by atoms with E-state index in [0.29, 0.717) is 35.7 Å². The van der Waals surface area contributed by atoms with Gasteiger partial charge in [0, 0.05) is 37.4 Å². The van der Waals surface area contributed by atoms with Gasteiger partial charge in [-0.15, -0.1) is 0 Å². The average Bonchev–Trinajstić information content (AvgIpc) is 3.10. The standard InChI is InChI=1S/C18H18N6O2/c1-10-15-12(23-18(19)22-10)8-11(9-14(15)25)16-20-6-7-24(16)13-4-3-5-21-17(13)26-2/h3-7,11H,8-9H2,1-2H3,(H2,19,22,23). The summed E-state index contributed by atoms with van der Waals surface area (Å²) < 4.78 is 7.27. The van der Waals surface area contributed by atoms with Gasteiger partial charge >= 0.3 is 0 Å². The van der Waals surface area contributed by atoms with Crippen molar-refractivity contribution >= 4 is 11.7 Å². The molecule has 1 atom stereocenters. The van der Waals surface area contributed by atoms with Crippen molar-refractivity contribution in [3.05, 3.63) is 53.5 Å². The minimum absolute atomic E-state index is 0.0152.